The van der Waals surface area contributed by atoms with Crippen molar-refractivity contribution in [2.75, 3.05) is 26.7 Å². The largest absolute Gasteiger partial charge is 0.507 e. The SMILES string of the molecule is Cc1cc(CCNC(=O)N2CC(=O)N(C)[C@H](C)C2)cc(C)c1O. The standard InChI is InChI=1S/C17H25N3O3/c1-11-7-14(8-12(2)16(11)22)5-6-18-17(23)20-9-13(3)19(4)15(21)10-20/h7-8,13,22H,5-6,9-10H2,1-4H3,(H,18,23)/t13-/m1/s1. The number of urea groups is 1. The van der Waals surface area contributed by atoms with Crippen molar-refractivity contribution in [1.82, 2.24) is 15.1 Å². The topological polar surface area (TPSA) is 72.9 Å². The van der Waals surface area contributed by atoms with Crippen LogP contribution in [-0.2, 0) is 11.2 Å². The van der Waals surface area contributed by atoms with E-state index in [1.54, 1.807) is 16.8 Å². The summed E-state index contributed by atoms with van der Waals surface area (Å²) in [6, 6.07) is 3.68. The molecule has 6 heteroatoms. The van der Waals surface area contributed by atoms with Gasteiger partial charge in [-0.15, -0.1) is 0 Å². The fourth-order valence-corrected chi connectivity index (χ4v) is 2.80. The number of nitrogens with zero attached hydrogens (tertiary/aromatic N) is 2. The zero-order chi connectivity index (χ0) is 17.1. The van der Waals surface area contributed by atoms with Gasteiger partial charge < -0.3 is 20.2 Å². The van der Waals surface area contributed by atoms with E-state index in [1.165, 1.54) is 0 Å². The highest BCUT2D eigenvalue weighted by Gasteiger charge is 2.29. The van der Waals surface area contributed by atoms with E-state index >= 15 is 0 Å². The highest BCUT2D eigenvalue weighted by molar-refractivity contribution is 5.85. The molecule has 0 aromatic heterocycles. The van der Waals surface area contributed by atoms with Gasteiger partial charge in [0, 0.05) is 26.2 Å². The molecular weight excluding hydrogens is 294 g/mol. The summed E-state index contributed by atoms with van der Waals surface area (Å²) in [5.41, 5.74) is 2.75. The predicted molar refractivity (Wildman–Crippen MR) is 88.5 cm³/mol. The molecule has 0 saturated carbocycles. The summed E-state index contributed by atoms with van der Waals surface area (Å²) in [5.74, 6) is 0.284. The minimum atomic E-state index is -0.203. The maximum absolute atomic E-state index is 12.2. The summed E-state index contributed by atoms with van der Waals surface area (Å²) < 4.78 is 0. The van der Waals surface area contributed by atoms with Crippen LogP contribution >= 0.6 is 0 Å². The van der Waals surface area contributed by atoms with Crippen LogP contribution in [0.3, 0.4) is 0 Å². The van der Waals surface area contributed by atoms with E-state index in [9.17, 15) is 14.7 Å². The maximum Gasteiger partial charge on any atom is 0.317 e. The third-order valence-electron chi connectivity index (χ3n) is 4.39. The van der Waals surface area contributed by atoms with Gasteiger partial charge >= 0.3 is 6.03 Å². The molecule has 1 atom stereocenters. The molecule has 1 aromatic carbocycles. The lowest BCUT2D eigenvalue weighted by Crippen LogP contribution is -2.57. The van der Waals surface area contributed by atoms with E-state index in [2.05, 4.69) is 5.32 Å². The molecule has 3 amide bonds. The Morgan fingerprint density at radius 1 is 1.35 bits per heavy atom. The molecule has 0 spiro atoms. The van der Waals surface area contributed by atoms with Gasteiger partial charge in [0.15, 0.2) is 0 Å². The number of likely N-dealkylation sites (N-methyl/N-ethyl adjacent to an activating group) is 1. The first-order valence-electron chi connectivity index (χ1n) is 7.87. The Kier molecular flexibility index (Phi) is 5.13. The molecule has 2 rings (SSSR count). The van der Waals surface area contributed by atoms with Crippen LogP contribution in [0.4, 0.5) is 4.79 Å². The molecule has 0 unspecified atom stereocenters. The first kappa shape index (κ1) is 17.1. The molecule has 1 aromatic rings. The highest BCUT2D eigenvalue weighted by atomic mass is 16.3. The summed E-state index contributed by atoms with van der Waals surface area (Å²) in [5, 5.41) is 12.6. The molecule has 126 valence electrons. The van der Waals surface area contributed by atoms with E-state index in [-0.39, 0.29) is 24.5 Å². The lowest BCUT2D eigenvalue weighted by atomic mass is 10.0. The number of phenolic OH excluding ortho intramolecular Hbond substituents is 1. The number of rotatable bonds is 3. The quantitative estimate of drug-likeness (QED) is 0.885. The Morgan fingerprint density at radius 3 is 2.52 bits per heavy atom. The molecule has 1 aliphatic heterocycles. The summed E-state index contributed by atoms with van der Waals surface area (Å²) in [7, 11) is 1.76. The summed E-state index contributed by atoms with van der Waals surface area (Å²) in [6.07, 6.45) is 0.685. The second-order valence-electron chi connectivity index (χ2n) is 6.29. The Hall–Kier alpha value is -2.24. The molecular formula is C17H25N3O3. The minimum Gasteiger partial charge on any atom is -0.507 e. The third kappa shape index (κ3) is 3.94. The van der Waals surface area contributed by atoms with Crippen LogP contribution in [0.25, 0.3) is 0 Å². The number of nitrogens with one attached hydrogen (secondary N) is 1. The predicted octanol–water partition coefficient (Wildman–Crippen LogP) is 1.42. The molecule has 6 nitrogen and oxygen atoms in total. The summed E-state index contributed by atoms with van der Waals surface area (Å²) in [6.45, 7) is 6.83. The zero-order valence-electron chi connectivity index (χ0n) is 14.2. The Morgan fingerprint density at radius 2 is 1.96 bits per heavy atom. The third-order valence-corrected chi connectivity index (χ3v) is 4.39. The van der Waals surface area contributed by atoms with Crippen LogP contribution in [0.5, 0.6) is 5.75 Å². The summed E-state index contributed by atoms with van der Waals surface area (Å²) >= 11 is 0. The number of hydrogen-bond acceptors (Lipinski definition) is 3. The van der Waals surface area contributed by atoms with E-state index in [0.29, 0.717) is 25.3 Å². The monoisotopic (exact) mass is 319 g/mol. The van der Waals surface area contributed by atoms with Gasteiger partial charge in [0.2, 0.25) is 5.91 Å². The van der Waals surface area contributed by atoms with Gasteiger partial charge in [-0.05, 0) is 43.9 Å². The second kappa shape index (κ2) is 6.89. The smallest absolute Gasteiger partial charge is 0.317 e. The average molecular weight is 319 g/mol. The maximum atomic E-state index is 12.2. The Bertz CT molecular complexity index is 592. The molecule has 23 heavy (non-hydrogen) atoms. The zero-order valence-corrected chi connectivity index (χ0v) is 14.2. The van der Waals surface area contributed by atoms with Crippen molar-refractivity contribution in [2.45, 2.75) is 33.2 Å². The van der Waals surface area contributed by atoms with Crippen LogP contribution in [-0.4, -0.2) is 59.6 Å². The number of carbonyl (C=O) groups is 2. The van der Waals surface area contributed by atoms with E-state index < -0.39 is 0 Å². The molecule has 2 N–H and O–H groups in total. The molecule has 1 fully saturated rings. The Balaban J connectivity index is 1.87. The van der Waals surface area contributed by atoms with Gasteiger partial charge in [0.25, 0.3) is 0 Å². The number of phenols is 1. The molecule has 0 radical (unpaired) electrons. The molecule has 1 heterocycles. The van der Waals surface area contributed by atoms with Crippen molar-refractivity contribution < 1.29 is 14.7 Å². The van der Waals surface area contributed by atoms with Gasteiger partial charge in [0.1, 0.15) is 12.3 Å². The number of carbonyl (C=O) groups excluding carboxylic acids is 2. The van der Waals surface area contributed by atoms with Crippen LogP contribution in [0.15, 0.2) is 12.1 Å². The number of amides is 3. The van der Waals surface area contributed by atoms with Gasteiger partial charge in [-0.2, -0.15) is 0 Å². The number of piperazine rings is 1. The van der Waals surface area contributed by atoms with Crippen molar-refractivity contribution in [3.05, 3.63) is 28.8 Å². The molecule has 0 bridgehead atoms. The van der Waals surface area contributed by atoms with Gasteiger partial charge in [0.05, 0.1) is 0 Å². The van der Waals surface area contributed by atoms with E-state index in [0.717, 1.165) is 16.7 Å². The van der Waals surface area contributed by atoms with Crippen LogP contribution in [0.1, 0.15) is 23.6 Å². The number of aromatic hydroxyl groups is 1. The van der Waals surface area contributed by atoms with Gasteiger partial charge in [-0.1, -0.05) is 12.1 Å². The fraction of sp³-hybridized carbons (Fsp3) is 0.529. The molecule has 1 saturated heterocycles. The van der Waals surface area contributed by atoms with E-state index in [4.69, 9.17) is 0 Å². The molecule has 0 aliphatic carbocycles. The first-order chi connectivity index (χ1) is 10.8. The minimum absolute atomic E-state index is 0.0318. The van der Waals surface area contributed by atoms with Crippen molar-refractivity contribution in [3.63, 3.8) is 0 Å². The van der Waals surface area contributed by atoms with Gasteiger partial charge in [-0.3, -0.25) is 4.79 Å². The highest BCUT2D eigenvalue weighted by Crippen LogP contribution is 2.22. The van der Waals surface area contributed by atoms with Crippen molar-refractivity contribution in [2.24, 2.45) is 0 Å². The molecule has 1 aliphatic rings. The number of benzene rings is 1. The lowest BCUT2D eigenvalue weighted by Gasteiger charge is -2.37. The Labute approximate surface area is 137 Å². The first-order valence-corrected chi connectivity index (χ1v) is 7.87. The second-order valence-corrected chi connectivity index (χ2v) is 6.29. The van der Waals surface area contributed by atoms with Crippen molar-refractivity contribution in [3.8, 4) is 5.75 Å². The van der Waals surface area contributed by atoms with Crippen LogP contribution in [0.2, 0.25) is 0 Å². The van der Waals surface area contributed by atoms with Crippen molar-refractivity contribution >= 4 is 11.9 Å². The number of hydrogen-bond donors (Lipinski definition) is 2. The van der Waals surface area contributed by atoms with Crippen LogP contribution in [0, 0.1) is 13.8 Å². The van der Waals surface area contributed by atoms with Crippen LogP contribution < -0.4 is 5.32 Å². The van der Waals surface area contributed by atoms with E-state index in [1.807, 2.05) is 32.9 Å². The number of aryl methyl sites for hydroxylation is 2. The summed E-state index contributed by atoms with van der Waals surface area (Å²) in [4.78, 5) is 27.2. The lowest BCUT2D eigenvalue weighted by molar-refractivity contribution is -0.135. The van der Waals surface area contributed by atoms with Crippen molar-refractivity contribution in [1.29, 1.82) is 0 Å². The van der Waals surface area contributed by atoms with Gasteiger partial charge in [-0.25, -0.2) is 4.79 Å². The normalized spacial score (nSPS) is 18.3. The fourth-order valence-electron chi connectivity index (χ4n) is 2.80. The average Bonchev–Trinajstić information content (AvgIpc) is 2.49.